The fourth-order valence-electron chi connectivity index (χ4n) is 3.50. The Hall–Kier alpha value is -1.64. The van der Waals surface area contributed by atoms with E-state index in [9.17, 15) is 14.8 Å². The van der Waals surface area contributed by atoms with Gasteiger partial charge in [0.05, 0.1) is 24.0 Å². The van der Waals surface area contributed by atoms with E-state index in [0.717, 1.165) is 25.1 Å². The minimum absolute atomic E-state index is 0.0536. The Bertz CT molecular complexity index is 558. The van der Waals surface area contributed by atoms with Gasteiger partial charge in [-0.25, -0.2) is 4.39 Å². The van der Waals surface area contributed by atoms with Crippen molar-refractivity contribution in [3.8, 4) is 6.07 Å². The molecular weight excluding hydrogens is 271 g/mol. The van der Waals surface area contributed by atoms with Gasteiger partial charge in [0, 0.05) is 25.1 Å². The zero-order chi connectivity index (χ0) is 14.8. The van der Waals surface area contributed by atoms with Crippen LogP contribution in [0.5, 0.6) is 0 Å². The number of aliphatic hydroxyl groups is 1. The van der Waals surface area contributed by atoms with Crippen molar-refractivity contribution in [1.29, 1.82) is 5.26 Å². The Kier molecular flexibility index (Phi) is 4.09. The highest BCUT2D eigenvalue weighted by atomic mass is 19.1. The predicted octanol–water partition coefficient (Wildman–Crippen LogP) is 2.06. The number of aliphatic hydroxyl groups excluding tert-OH is 1. The summed E-state index contributed by atoms with van der Waals surface area (Å²) in [5.74, 6) is -0.343. The lowest BCUT2D eigenvalue weighted by atomic mass is 9.89. The maximum absolute atomic E-state index is 13.3. The van der Waals surface area contributed by atoms with Gasteiger partial charge in [0.15, 0.2) is 0 Å². The van der Waals surface area contributed by atoms with E-state index in [-0.39, 0.29) is 18.1 Å². The van der Waals surface area contributed by atoms with Crippen molar-refractivity contribution in [2.75, 3.05) is 24.7 Å². The first-order chi connectivity index (χ1) is 10.2. The molecule has 0 amide bonds. The van der Waals surface area contributed by atoms with Crippen LogP contribution in [0.2, 0.25) is 0 Å². The summed E-state index contributed by atoms with van der Waals surface area (Å²) in [6, 6.07) is 6.56. The Morgan fingerprint density at radius 2 is 2.24 bits per heavy atom. The number of nitrogens with zero attached hydrogens (tertiary/aromatic N) is 2. The fourth-order valence-corrected chi connectivity index (χ4v) is 3.50. The van der Waals surface area contributed by atoms with Gasteiger partial charge in [-0.1, -0.05) is 0 Å². The van der Waals surface area contributed by atoms with Crippen LogP contribution in [0.1, 0.15) is 24.8 Å². The maximum Gasteiger partial charge on any atom is 0.124 e. The summed E-state index contributed by atoms with van der Waals surface area (Å²) in [5, 5.41) is 19.5. The molecule has 0 aliphatic carbocycles. The summed E-state index contributed by atoms with van der Waals surface area (Å²) >= 11 is 0. The first kappa shape index (κ1) is 14.3. The molecule has 3 atom stereocenters. The van der Waals surface area contributed by atoms with Crippen LogP contribution in [0.25, 0.3) is 0 Å². The molecule has 1 aromatic rings. The molecule has 0 spiro atoms. The third kappa shape index (κ3) is 2.74. The molecule has 2 fully saturated rings. The lowest BCUT2D eigenvalue weighted by molar-refractivity contribution is -0.0437. The van der Waals surface area contributed by atoms with E-state index >= 15 is 0 Å². The second-order valence-electron chi connectivity index (χ2n) is 5.77. The third-order valence-electron chi connectivity index (χ3n) is 4.54. The van der Waals surface area contributed by atoms with Gasteiger partial charge in [-0.3, -0.25) is 0 Å². The molecule has 1 aromatic carbocycles. The molecule has 0 aromatic heterocycles. The van der Waals surface area contributed by atoms with E-state index in [1.54, 1.807) is 6.07 Å². The SMILES string of the molecule is N#Cc1cc(F)ccc1N1CCCC1C1COCCC1O. The molecule has 0 saturated carbocycles. The van der Waals surface area contributed by atoms with E-state index in [1.165, 1.54) is 12.1 Å². The highest BCUT2D eigenvalue weighted by Gasteiger charge is 2.38. The molecule has 0 bridgehead atoms. The topological polar surface area (TPSA) is 56.5 Å². The van der Waals surface area contributed by atoms with Crippen LogP contribution in [-0.2, 0) is 4.74 Å². The van der Waals surface area contributed by atoms with Crippen molar-refractivity contribution < 1.29 is 14.2 Å². The van der Waals surface area contributed by atoms with E-state index in [2.05, 4.69) is 11.0 Å². The number of ether oxygens (including phenoxy) is 1. The van der Waals surface area contributed by atoms with Crippen LogP contribution in [-0.4, -0.2) is 37.0 Å². The van der Waals surface area contributed by atoms with Gasteiger partial charge in [0.25, 0.3) is 0 Å². The van der Waals surface area contributed by atoms with E-state index < -0.39 is 5.82 Å². The van der Waals surface area contributed by atoms with Gasteiger partial charge in [0.2, 0.25) is 0 Å². The van der Waals surface area contributed by atoms with E-state index in [4.69, 9.17) is 4.74 Å². The molecule has 1 N–H and O–H groups in total. The molecule has 2 aliphatic rings. The predicted molar refractivity (Wildman–Crippen MR) is 76.4 cm³/mol. The summed E-state index contributed by atoms with van der Waals surface area (Å²) in [6.07, 6.45) is 2.27. The number of hydrogen-bond donors (Lipinski definition) is 1. The monoisotopic (exact) mass is 290 g/mol. The van der Waals surface area contributed by atoms with Gasteiger partial charge < -0.3 is 14.7 Å². The maximum atomic E-state index is 13.3. The average molecular weight is 290 g/mol. The van der Waals surface area contributed by atoms with Crippen LogP contribution in [0.3, 0.4) is 0 Å². The lowest BCUT2D eigenvalue weighted by Crippen LogP contribution is -2.46. The summed E-state index contributed by atoms with van der Waals surface area (Å²) in [5.41, 5.74) is 1.12. The second kappa shape index (κ2) is 6.00. The summed E-state index contributed by atoms with van der Waals surface area (Å²) in [6.45, 7) is 1.98. The smallest absolute Gasteiger partial charge is 0.124 e. The molecular formula is C16H19FN2O2. The van der Waals surface area contributed by atoms with Gasteiger partial charge >= 0.3 is 0 Å². The first-order valence-corrected chi connectivity index (χ1v) is 7.43. The number of rotatable bonds is 2. The van der Waals surface area contributed by atoms with Crippen molar-refractivity contribution >= 4 is 5.69 Å². The molecule has 21 heavy (non-hydrogen) atoms. The molecule has 2 saturated heterocycles. The van der Waals surface area contributed by atoms with E-state index in [0.29, 0.717) is 25.2 Å². The van der Waals surface area contributed by atoms with Crippen LogP contribution in [0, 0.1) is 23.1 Å². The molecule has 3 rings (SSSR count). The number of halogens is 1. The van der Waals surface area contributed by atoms with Crippen molar-refractivity contribution in [2.24, 2.45) is 5.92 Å². The van der Waals surface area contributed by atoms with Crippen molar-refractivity contribution in [3.05, 3.63) is 29.6 Å². The van der Waals surface area contributed by atoms with Crippen LogP contribution in [0.4, 0.5) is 10.1 Å². The Balaban J connectivity index is 1.89. The minimum Gasteiger partial charge on any atom is -0.393 e. The summed E-state index contributed by atoms with van der Waals surface area (Å²) in [4.78, 5) is 2.14. The van der Waals surface area contributed by atoms with Crippen molar-refractivity contribution in [1.82, 2.24) is 0 Å². The fraction of sp³-hybridized carbons (Fsp3) is 0.562. The molecule has 112 valence electrons. The molecule has 0 radical (unpaired) electrons. The van der Waals surface area contributed by atoms with Crippen molar-refractivity contribution in [3.63, 3.8) is 0 Å². The number of hydrogen-bond acceptors (Lipinski definition) is 4. The largest absolute Gasteiger partial charge is 0.393 e. The second-order valence-corrected chi connectivity index (χ2v) is 5.77. The number of nitriles is 1. The van der Waals surface area contributed by atoms with Crippen molar-refractivity contribution in [2.45, 2.75) is 31.4 Å². The molecule has 5 heteroatoms. The zero-order valence-electron chi connectivity index (χ0n) is 11.8. The standard InChI is InChI=1S/C16H19FN2O2/c17-12-3-4-14(11(8-12)9-18)19-6-1-2-15(19)13-10-21-7-5-16(13)20/h3-4,8,13,15-16,20H,1-2,5-7,10H2. The number of benzene rings is 1. The van der Waals surface area contributed by atoms with Gasteiger partial charge in [-0.05, 0) is 37.5 Å². The van der Waals surface area contributed by atoms with Crippen LogP contribution < -0.4 is 4.90 Å². The van der Waals surface area contributed by atoms with Gasteiger partial charge in [-0.15, -0.1) is 0 Å². The summed E-state index contributed by atoms with van der Waals surface area (Å²) in [7, 11) is 0. The van der Waals surface area contributed by atoms with Gasteiger partial charge in [0.1, 0.15) is 11.9 Å². The third-order valence-corrected chi connectivity index (χ3v) is 4.54. The summed E-state index contributed by atoms with van der Waals surface area (Å²) < 4.78 is 18.8. The quantitative estimate of drug-likeness (QED) is 0.906. The number of anilines is 1. The van der Waals surface area contributed by atoms with Crippen LogP contribution in [0.15, 0.2) is 18.2 Å². The molecule has 4 nitrogen and oxygen atoms in total. The Morgan fingerprint density at radius 1 is 1.38 bits per heavy atom. The zero-order valence-corrected chi connectivity index (χ0v) is 11.8. The average Bonchev–Trinajstić information content (AvgIpc) is 2.96. The highest BCUT2D eigenvalue weighted by Crippen LogP contribution is 2.35. The Labute approximate surface area is 123 Å². The minimum atomic E-state index is -0.396. The highest BCUT2D eigenvalue weighted by molar-refractivity contribution is 5.60. The first-order valence-electron chi connectivity index (χ1n) is 7.43. The van der Waals surface area contributed by atoms with Crippen LogP contribution >= 0.6 is 0 Å². The van der Waals surface area contributed by atoms with Gasteiger partial charge in [-0.2, -0.15) is 5.26 Å². The molecule has 2 aliphatic heterocycles. The molecule has 3 unspecified atom stereocenters. The Morgan fingerprint density at radius 3 is 3.00 bits per heavy atom. The lowest BCUT2D eigenvalue weighted by Gasteiger charge is -2.38. The molecule has 2 heterocycles. The van der Waals surface area contributed by atoms with E-state index in [1.807, 2.05) is 0 Å². The normalized spacial score (nSPS) is 29.4.